The largest absolute Gasteiger partial charge is 0.431 e. The fourth-order valence-corrected chi connectivity index (χ4v) is 2.07. The number of carbonyl (C=O) groups excluding carboxylic acids is 5. The van der Waals surface area contributed by atoms with Crippen molar-refractivity contribution >= 4 is 29.6 Å². The number of carbonyl (C=O) groups is 5. The molecular formula is C15H23N5O6. The highest BCUT2D eigenvalue weighted by molar-refractivity contribution is 6.13. The number of ether oxygens (including phenoxy) is 1. The molecule has 0 radical (unpaired) electrons. The van der Waals surface area contributed by atoms with Crippen LogP contribution in [0.25, 0.3) is 0 Å². The van der Waals surface area contributed by atoms with Crippen LogP contribution in [0.5, 0.6) is 0 Å². The highest BCUT2D eigenvalue weighted by atomic mass is 16.6. The maximum Gasteiger partial charge on any atom is 0.325 e. The van der Waals surface area contributed by atoms with E-state index in [1.54, 1.807) is 0 Å². The standard InChI is InChI=1S/C15H23N5O6/c16-7-2-1-3-9(17)15(25)26-14(13(18)24)19-10(21)6-8-20-11(22)4-5-12(20)23/h4-5,9,14H,1-3,6-8,16-17H2,(H2,18,24)(H,19,21)/t9-,14?/m0/s1. The molecular weight excluding hydrogens is 346 g/mol. The van der Waals surface area contributed by atoms with Crippen LogP contribution in [0.15, 0.2) is 12.2 Å². The summed E-state index contributed by atoms with van der Waals surface area (Å²) >= 11 is 0. The van der Waals surface area contributed by atoms with Crippen molar-refractivity contribution in [2.24, 2.45) is 17.2 Å². The molecule has 11 heteroatoms. The number of nitrogens with zero attached hydrogens (tertiary/aromatic N) is 1. The second-order valence-corrected chi connectivity index (χ2v) is 5.59. The van der Waals surface area contributed by atoms with E-state index in [0.717, 1.165) is 17.1 Å². The number of rotatable bonds is 11. The molecule has 0 aromatic heterocycles. The maximum absolute atomic E-state index is 11.9. The molecule has 11 nitrogen and oxygen atoms in total. The van der Waals surface area contributed by atoms with Crippen molar-refractivity contribution in [3.05, 3.63) is 12.2 Å². The third-order valence-electron chi connectivity index (χ3n) is 3.52. The molecule has 1 rings (SSSR count). The molecule has 4 amide bonds. The molecule has 1 unspecified atom stereocenters. The molecule has 0 aliphatic carbocycles. The van der Waals surface area contributed by atoms with Gasteiger partial charge >= 0.3 is 5.97 Å². The molecule has 0 aromatic rings. The number of amides is 4. The van der Waals surface area contributed by atoms with Crippen molar-refractivity contribution in [1.82, 2.24) is 10.2 Å². The molecule has 1 aliphatic heterocycles. The van der Waals surface area contributed by atoms with Crippen LogP contribution in [0.3, 0.4) is 0 Å². The Morgan fingerprint density at radius 2 is 1.77 bits per heavy atom. The zero-order chi connectivity index (χ0) is 19.7. The van der Waals surface area contributed by atoms with Crippen molar-refractivity contribution in [2.45, 2.75) is 38.0 Å². The third kappa shape index (κ3) is 6.61. The Hall–Kier alpha value is -2.79. The summed E-state index contributed by atoms with van der Waals surface area (Å²) in [5.74, 6) is -3.78. The normalized spacial score (nSPS) is 15.7. The van der Waals surface area contributed by atoms with Gasteiger partial charge in [0.05, 0.1) is 0 Å². The smallest absolute Gasteiger partial charge is 0.325 e. The van der Waals surface area contributed by atoms with E-state index in [0.29, 0.717) is 25.8 Å². The van der Waals surface area contributed by atoms with Crippen molar-refractivity contribution < 1.29 is 28.7 Å². The highest BCUT2D eigenvalue weighted by Gasteiger charge is 2.27. The van der Waals surface area contributed by atoms with Gasteiger partial charge < -0.3 is 27.3 Å². The van der Waals surface area contributed by atoms with Crippen LogP contribution in [-0.4, -0.2) is 59.9 Å². The number of unbranched alkanes of at least 4 members (excludes halogenated alkanes) is 1. The number of imide groups is 1. The number of nitrogens with two attached hydrogens (primary N) is 3. The molecule has 0 bridgehead atoms. The first-order valence-electron chi connectivity index (χ1n) is 8.04. The maximum atomic E-state index is 11.9. The summed E-state index contributed by atoms with van der Waals surface area (Å²) in [4.78, 5) is 58.7. The molecule has 144 valence electrons. The third-order valence-corrected chi connectivity index (χ3v) is 3.52. The molecule has 1 heterocycles. The first-order chi connectivity index (χ1) is 12.3. The lowest BCUT2D eigenvalue weighted by atomic mass is 10.1. The van der Waals surface area contributed by atoms with E-state index in [9.17, 15) is 24.0 Å². The molecule has 0 fully saturated rings. The van der Waals surface area contributed by atoms with Gasteiger partial charge in [0, 0.05) is 25.1 Å². The fourth-order valence-electron chi connectivity index (χ4n) is 2.07. The predicted octanol–water partition coefficient (Wildman–Crippen LogP) is -2.77. The summed E-state index contributed by atoms with van der Waals surface area (Å²) in [5.41, 5.74) is 16.1. The van der Waals surface area contributed by atoms with Gasteiger partial charge in [0.25, 0.3) is 23.9 Å². The number of esters is 1. The topological polar surface area (TPSA) is 188 Å². The van der Waals surface area contributed by atoms with Gasteiger partial charge in [-0.05, 0) is 19.4 Å². The van der Waals surface area contributed by atoms with E-state index in [4.69, 9.17) is 21.9 Å². The highest BCUT2D eigenvalue weighted by Crippen LogP contribution is 2.05. The molecule has 1 aliphatic rings. The van der Waals surface area contributed by atoms with E-state index >= 15 is 0 Å². The van der Waals surface area contributed by atoms with Crippen molar-refractivity contribution in [3.63, 3.8) is 0 Å². The van der Waals surface area contributed by atoms with E-state index in [2.05, 4.69) is 5.32 Å². The lowest BCUT2D eigenvalue weighted by Gasteiger charge is -2.19. The van der Waals surface area contributed by atoms with Gasteiger partial charge in [-0.2, -0.15) is 0 Å². The van der Waals surface area contributed by atoms with Crippen LogP contribution in [0, 0.1) is 0 Å². The van der Waals surface area contributed by atoms with Crippen LogP contribution in [-0.2, 0) is 28.7 Å². The number of nitrogens with one attached hydrogen (secondary N) is 1. The Kier molecular flexibility index (Phi) is 8.38. The van der Waals surface area contributed by atoms with Crippen molar-refractivity contribution in [1.29, 1.82) is 0 Å². The first kappa shape index (κ1) is 21.3. The Morgan fingerprint density at radius 1 is 1.15 bits per heavy atom. The minimum absolute atomic E-state index is 0.186. The molecule has 2 atom stereocenters. The Bertz CT molecular complexity index is 587. The molecule has 0 aromatic carbocycles. The summed E-state index contributed by atoms with van der Waals surface area (Å²) < 4.78 is 4.83. The van der Waals surface area contributed by atoms with Crippen LogP contribution in [0.2, 0.25) is 0 Å². The Labute approximate surface area is 149 Å². The van der Waals surface area contributed by atoms with E-state index in [1.807, 2.05) is 0 Å². The van der Waals surface area contributed by atoms with E-state index < -0.39 is 41.9 Å². The zero-order valence-electron chi connectivity index (χ0n) is 14.2. The van der Waals surface area contributed by atoms with Crippen LogP contribution in [0.1, 0.15) is 25.7 Å². The number of primary amides is 1. The number of hydrogen-bond acceptors (Lipinski definition) is 8. The molecule has 0 spiro atoms. The van der Waals surface area contributed by atoms with Gasteiger partial charge in [0.1, 0.15) is 6.04 Å². The van der Waals surface area contributed by atoms with Gasteiger partial charge in [-0.25, -0.2) is 0 Å². The average molecular weight is 369 g/mol. The van der Waals surface area contributed by atoms with Gasteiger partial charge in [0.15, 0.2) is 0 Å². The summed E-state index contributed by atoms with van der Waals surface area (Å²) in [6.07, 6.45) is 1.77. The Balaban J connectivity index is 2.47. The molecule has 0 saturated heterocycles. The lowest BCUT2D eigenvalue weighted by Crippen LogP contribution is -2.50. The monoisotopic (exact) mass is 369 g/mol. The molecule has 0 saturated carbocycles. The van der Waals surface area contributed by atoms with Crippen LogP contribution in [0.4, 0.5) is 0 Å². The lowest BCUT2D eigenvalue weighted by molar-refractivity contribution is -0.159. The second kappa shape index (κ2) is 10.3. The predicted molar refractivity (Wildman–Crippen MR) is 88.6 cm³/mol. The minimum Gasteiger partial charge on any atom is -0.431 e. The quantitative estimate of drug-likeness (QED) is 0.130. The summed E-state index contributed by atoms with van der Waals surface area (Å²) in [6.45, 7) is 0.272. The van der Waals surface area contributed by atoms with Crippen LogP contribution < -0.4 is 22.5 Å². The van der Waals surface area contributed by atoms with E-state index in [1.165, 1.54) is 0 Å². The second-order valence-electron chi connectivity index (χ2n) is 5.59. The molecule has 7 N–H and O–H groups in total. The minimum atomic E-state index is -1.70. The SMILES string of the molecule is NCCCC[C@H](N)C(=O)OC(NC(=O)CCN1C(=O)C=CC1=O)C(N)=O. The Morgan fingerprint density at radius 3 is 2.31 bits per heavy atom. The van der Waals surface area contributed by atoms with Gasteiger partial charge in [0.2, 0.25) is 5.91 Å². The molecule has 26 heavy (non-hydrogen) atoms. The number of hydrogen-bond donors (Lipinski definition) is 4. The zero-order valence-corrected chi connectivity index (χ0v) is 14.2. The van der Waals surface area contributed by atoms with Gasteiger partial charge in [-0.3, -0.25) is 28.9 Å². The summed E-state index contributed by atoms with van der Waals surface area (Å²) in [6, 6.07) is -0.980. The van der Waals surface area contributed by atoms with Gasteiger partial charge in [-0.1, -0.05) is 6.42 Å². The summed E-state index contributed by atoms with van der Waals surface area (Å²) in [5, 5.41) is 2.12. The first-order valence-corrected chi connectivity index (χ1v) is 8.04. The van der Waals surface area contributed by atoms with Crippen molar-refractivity contribution in [3.8, 4) is 0 Å². The van der Waals surface area contributed by atoms with Crippen molar-refractivity contribution in [2.75, 3.05) is 13.1 Å². The summed E-state index contributed by atoms with van der Waals surface area (Å²) in [7, 11) is 0. The van der Waals surface area contributed by atoms with Gasteiger partial charge in [-0.15, -0.1) is 0 Å². The average Bonchev–Trinajstić information content (AvgIpc) is 2.90. The van der Waals surface area contributed by atoms with Crippen LogP contribution >= 0.6 is 0 Å². The fraction of sp³-hybridized carbons (Fsp3) is 0.533. The van der Waals surface area contributed by atoms with E-state index in [-0.39, 0.29) is 13.0 Å².